The third-order valence-electron chi connectivity index (χ3n) is 4.00. The predicted molar refractivity (Wildman–Crippen MR) is 105 cm³/mol. The summed E-state index contributed by atoms with van der Waals surface area (Å²) in [4.78, 5) is 14.3. The summed E-state index contributed by atoms with van der Waals surface area (Å²) in [7, 11) is -1.91. The molecule has 0 radical (unpaired) electrons. The standard InChI is InChI=1S/C20H26N2O3S/c1-14(2)13-22(5)20(23)17-8-10-18(11-9-17)21-26(24,25)19-12-15(3)6-7-16(19)4/h6-12,14,21H,13H2,1-5H3. The lowest BCUT2D eigenvalue weighted by atomic mass is 10.1. The minimum Gasteiger partial charge on any atom is -0.341 e. The minimum atomic E-state index is -3.68. The molecule has 2 aromatic rings. The number of hydrogen-bond acceptors (Lipinski definition) is 3. The third-order valence-corrected chi connectivity index (χ3v) is 5.53. The van der Waals surface area contributed by atoms with Crippen molar-refractivity contribution in [3.63, 3.8) is 0 Å². The fourth-order valence-corrected chi connectivity index (χ4v) is 4.13. The summed E-state index contributed by atoms with van der Waals surface area (Å²) >= 11 is 0. The second-order valence-electron chi connectivity index (χ2n) is 7.03. The first-order chi connectivity index (χ1) is 12.1. The second kappa shape index (κ2) is 7.91. The van der Waals surface area contributed by atoms with Crippen LogP contribution in [0.3, 0.4) is 0 Å². The highest BCUT2D eigenvalue weighted by Gasteiger charge is 2.18. The van der Waals surface area contributed by atoms with Crippen LogP contribution in [0.2, 0.25) is 0 Å². The molecular weight excluding hydrogens is 348 g/mol. The summed E-state index contributed by atoms with van der Waals surface area (Å²) in [6.45, 7) is 8.39. The van der Waals surface area contributed by atoms with Crippen LogP contribution in [0.15, 0.2) is 47.4 Å². The van der Waals surface area contributed by atoms with Gasteiger partial charge in [0.25, 0.3) is 15.9 Å². The van der Waals surface area contributed by atoms with E-state index >= 15 is 0 Å². The maximum absolute atomic E-state index is 12.6. The van der Waals surface area contributed by atoms with Crippen molar-refractivity contribution < 1.29 is 13.2 Å². The van der Waals surface area contributed by atoms with E-state index in [1.165, 1.54) is 0 Å². The molecular formula is C20H26N2O3S. The Morgan fingerprint density at radius 2 is 1.69 bits per heavy atom. The van der Waals surface area contributed by atoms with Gasteiger partial charge in [0.1, 0.15) is 0 Å². The van der Waals surface area contributed by atoms with Crippen molar-refractivity contribution in [2.45, 2.75) is 32.6 Å². The van der Waals surface area contributed by atoms with E-state index in [2.05, 4.69) is 18.6 Å². The maximum Gasteiger partial charge on any atom is 0.262 e. The van der Waals surface area contributed by atoms with Gasteiger partial charge < -0.3 is 4.90 Å². The van der Waals surface area contributed by atoms with Crippen molar-refractivity contribution in [3.8, 4) is 0 Å². The molecule has 1 amide bonds. The van der Waals surface area contributed by atoms with E-state index in [4.69, 9.17) is 0 Å². The van der Waals surface area contributed by atoms with Gasteiger partial charge in [-0.1, -0.05) is 26.0 Å². The number of nitrogens with one attached hydrogen (secondary N) is 1. The molecule has 0 aliphatic carbocycles. The Labute approximate surface area is 156 Å². The van der Waals surface area contributed by atoms with E-state index in [1.54, 1.807) is 55.3 Å². The van der Waals surface area contributed by atoms with Crippen LogP contribution in [0.1, 0.15) is 35.3 Å². The molecule has 2 rings (SSSR count). The lowest BCUT2D eigenvalue weighted by molar-refractivity contribution is 0.0779. The smallest absolute Gasteiger partial charge is 0.262 e. The van der Waals surface area contributed by atoms with Crippen LogP contribution in [0, 0.1) is 19.8 Å². The van der Waals surface area contributed by atoms with Gasteiger partial charge in [0, 0.05) is 24.8 Å². The molecule has 0 aromatic heterocycles. The van der Waals surface area contributed by atoms with Gasteiger partial charge in [0.05, 0.1) is 4.90 Å². The molecule has 0 fully saturated rings. The fourth-order valence-electron chi connectivity index (χ4n) is 2.74. The Hall–Kier alpha value is -2.34. The summed E-state index contributed by atoms with van der Waals surface area (Å²) in [5, 5.41) is 0. The summed E-state index contributed by atoms with van der Waals surface area (Å²) in [5.41, 5.74) is 2.52. The molecule has 0 unspecified atom stereocenters. The van der Waals surface area contributed by atoms with Gasteiger partial charge in [0.2, 0.25) is 0 Å². The highest BCUT2D eigenvalue weighted by atomic mass is 32.2. The molecule has 1 N–H and O–H groups in total. The number of sulfonamides is 1. The average molecular weight is 375 g/mol. The normalized spacial score (nSPS) is 11.5. The van der Waals surface area contributed by atoms with E-state index in [0.717, 1.165) is 5.56 Å². The van der Waals surface area contributed by atoms with Crippen molar-refractivity contribution in [1.82, 2.24) is 4.90 Å². The predicted octanol–water partition coefficient (Wildman–Crippen LogP) is 3.83. The summed E-state index contributed by atoms with van der Waals surface area (Å²) in [5.74, 6) is 0.301. The molecule has 26 heavy (non-hydrogen) atoms. The molecule has 0 saturated carbocycles. The molecule has 0 bridgehead atoms. The van der Waals surface area contributed by atoms with Gasteiger partial charge in [-0.2, -0.15) is 0 Å². The Kier molecular flexibility index (Phi) is 6.08. The van der Waals surface area contributed by atoms with Crippen molar-refractivity contribution in [2.75, 3.05) is 18.3 Å². The van der Waals surface area contributed by atoms with Gasteiger partial charge >= 0.3 is 0 Å². The van der Waals surface area contributed by atoms with E-state index in [0.29, 0.717) is 29.3 Å². The molecule has 6 heteroatoms. The zero-order valence-corrected chi connectivity index (χ0v) is 16.7. The van der Waals surface area contributed by atoms with E-state index < -0.39 is 10.0 Å². The number of hydrogen-bond donors (Lipinski definition) is 1. The lowest BCUT2D eigenvalue weighted by Gasteiger charge is -2.19. The Morgan fingerprint density at radius 1 is 1.08 bits per heavy atom. The molecule has 0 saturated heterocycles. The van der Waals surface area contributed by atoms with E-state index in [1.807, 2.05) is 13.0 Å². The number of rotatable bonds is 6. The van der Waals surface area contributed by atoms with Crippen LogP contribution in [0.5, 0.6) is 0 Å². The number of benzene rings is 2. The van der Waals surface area contributed by atoms with E-state index in [9.17, 15) is 13.2 Å². The molecule has 0 aliphatic heterocycles. The highest BCUT2D eigenvalue weighted by molar-refractivity contribution is 7.92. The zero-order chi connectivity index (χ0) is 19.5. The zero-order valence-electron chi connectivity index (χ0n) is 15.9. The Balaban J connectivity index is 2.18. The number of carbonyl (C=O) groups is 1. The molecule has 0 spiro atoms. The van der Waals surface area contributed by atoms with Gasteiger partial charge in [-0.25, -0.2) is 8.42 Å². The maximum atomic E-state index is 12.6. The number of anilines is 1. The number of aryl methyl sites for hydroxylation is 2. The van der Waals surface area contributed by atoms with Crippen LogP contribution in [-0.4, -0.2) is 32.8 Å². The lowest BCUT2D eigenvalue weighted by Crippen LogP contribution is -2.30. The Morgan fingerprint density at radius 3 is 2.27 bits per heavy atom. The Bertz CT molecular complexity index is 888. The average Bonchev–Trinajstić information content (AvgIpc) is 2.56. The van der Waals surface area contributed by atoms with E-state index in [-0.39, 0.29) is 10.8 Å². The number of amides is 1. The first-order valence-corrected chi connectivity index (χ1v) is 10.0. The third kappa shape index (κ3) is 4.85. The van der Waals surface area contributed by atoms with Gasteiger partial charge in [-0.15, -0.1) is 0 Å². The van der Waals surface area contributed by atoms with Crippen LogP contribution >= 0.6 is 0 Å². The molecule has 0 aliphatic rings. The first kappa shape index (κ1) is 20.0. The van der Waals surface area contributed by atoms with Crippen molar-refractivity contribution >= 4 is 21.6 Å². The fraction of sp³-hybridized carbons (Fsp3) is 0.350. The van der Waals surface area contributed by atoms with Crippen LogP contribution < -0.4 is 4.72 Å². The van der Waals surface area contributed by atoms with Gasteiger partial charge in [-0.05, 0) is 61.2 Å². The topological polar surface area (TPSA) is 66.5 Å². The first-order valence-electron chi connectivity index (χ1n) is 8.56. The SMILES string of the molecule is Cc1ccc(C)c(S(=O)(=O)Nc2ccc(C(=O)N(C)CC(C)C)cc2)c1. The molecule has 5 nitrogen and oxygen atoms in total. The summed E-state index contributed by atoms with van der Waals surface area (Å²) in [6, 6.07) is 11.8. The molecule has 0 atom stereocenters. The molecule has 2 aromatic carbocycles. The highest BCUT2D eigenvalue weighted by Crippen LogP contribution is 2.21. The van der Waals surface area contributed by atoms with Crippen molar-refractivity contribution in [2.24, 2.45) is 5.92 Å². The van der Waals surface area contributed by atoms with Crippen molar-refractivity contribution in [1.29, 1.82) is 0 Å². The number of nitrogens with zero attached hydrogens (tertiary/aromatic N) is 1. The van der Waals surface area contributed by atoms with Crippen LogP contribution in [0.4, 0.5) is 5.69 Å². The molecule has 140 valence electrons. The number of carbonyl (C=O) groups excluding carboxylic acids is 1. The van der Waals surface area contributed by atoms with Crippen LogP contribution in [-0.2, 0) is 10.0 Å². The van der Waals surface area contributed by atoms with Crippen LogP contribution in [0.25, 0.3) is 0 Å². The summed E-state index contributed by atoms with van der Waals surface area (Å²) < 4.78 is 27.9. The summed E-state index contributed by atoms with van der Waals surface area (Å²) in [6.07, 6.45) is 0. The van der Waals surface area contributed by atoms with Gasteiger partial charge in [0.15, 0.2) is 0 Å². The van der Waals surface area contributed by atoms with Crippen molar-refractivity contribution in [3.05, 3.63) is 59.2 Å². The molecule has 0 heterocycles. The van der Waals surface area contributed by atoms with Gasteiger partial charge in [-0.3, -0.25) is 9.52 Å². The second-order valence-corrected chi connectivity index (χ2v) is 8.68. The monoisotopic (exact) mass is 374 g/mol. The quantitative estimate of drug-likeness (QED) is 0.835. The largest absolute Gasteiger partial charge is 0.341 e. The minimum absolute atomic E-state index is 0.0809.